The third kappa shape index (κ3) is 10.2. The van der Waals surface area contributed by atoms with Crippen molar-refractivity contribution in [2.75, 3.05) is 19.6 Å². The lowest BCUT2D eigenvalue weighted by atomic mass is 9.81. The molecule has 0 radical (unpaired) electrons. The fourth-order valence-electron chi connectivity index (χ4n) is 7.23. The molecule has 8 nitrogen and oxygen atoms in total. The number of rotatable bonds is 14. The molecule has 6 rings (SSSR count). The Morgan fingerprint density at radius 2 is 1.59 bits per heavy atom. The van der Waals surface area contributed by atoms with Crippen LogP contribution in [-0.4, -0.2) is 53.5 Å². The number of hydrogen-bond donors (Lipinski definition) is 3. The number of amides is 2. The van der Waals surface area contributed by atoms with Crippen LogP contribution in [-0.2, 0) is 29.0 Å². The standard InChI is InChI=1S/C43H45F3N4O4/c44-43(45,46)42(53)54-37-17-14-29(15-18-37)20-21-50(40(51)19-16-36-27-48-39-13-2-1-12-38(36)39)28-32-8-4-9-33(23-32)34-10-5-11-35(24-34)41(52)49-26-31-7-3-6-30(22-31)25-47/h1-2,4-5,8-15,17-18,23-24,27,30-31,48H,3,6-7,16,19-22,25-26,28,47H2,(H,49,52). The number of esters is 1. The van der Waals surface area contributed by atoms with Crippen molar-refractivity contribution in [3.05, 3.63) is 126 Å². The van der Waals surface area contributed by atoms with E-state index in [4.69, 9.17) is 5.73 Å². The second-order valence-electron chi connectivity index (χ2n) is 14.1. The van der Waals surface area contributed by atoms with E-state index in [0.29, 0.717) is 56.4 Å². The molecule has 1 aromatic heterocycles. The van der Waals surface area contributed by atoms with Crippen LogP contribution in [0.4, 0.5) is 13.2 Å². The van der Waals surface area contributed by atoms with Gasteiger partial charge in [-0.1, -0.05) is 67.1 Å². The predicted octanol–water partition coefficient (Wildman–Crippen LogP) is 8.00. The van der Waals surface area contributed by atoms with Gasteiger partial charge in [-0.15, -0.1) is 0 Å². The summed E-state index contributed by atoms with van der Waals surface area (Å²) in [5.74, 6) is -1.69. The van der Waals surface area contributed by atoms with Gasteiger partial charge < -0.3 is 25.7 Å². The lowest BCUT2D eigenvalue weighted by Crippen LogP contribution is -2.33. The zero-order valence-electron chi connectivity index (χ0n) is 30.0. The lowest BCUT2D eigenvalue weighted by Gasteiger charge is -2.28. The van der Waals surface area contributed by atoms with Gasteiger partial charge in [0.25, 0.3) is 5.91 Å². The number of aromatic nitrogens is 1. The quantitative estimate of drug-likeness (QED) is 0.0789. The van der Waals surface area contributed by atoms with Crippen molar-refractivity contribution in [2.24, 2.45) is 17.6 Å². The molecule has 1 saturated carbocycles. The first-order chi connectivity index (χ1) is 26.1. The number of carbonyl (C=O) groups is 3. The summed E-state index contributed by atoms with van der Waals surface area (Å²) in [4.78, 5) is 43.3. The minimum atomic E-state index is -5.09. The van der Waals surface area contributed by atoms with Gasteiger partial charge in [0, 0.05) is 48.7 Å². The van der Waals surface area contributed by atoms with E-state index in [1.165, 1.54) is 12.1 Å². The molecule has 2 atom stereocenters. The number of ether oxygens (including phenoxy) is 1. The van der Waals surface area contributed by atoms with Crippen LogP contribution in [0.5, 0.6) is 5.75 Å². The second kappa shape index (κ2) is 17.6. The number of H-pyrrole nitrogens is 1. The highest BCUT2D eigenvalue weighted by Crippen LogP contribution is 2.29. The molecule has 0 saturated heterocycles. The van der Waals surface area contributed by atoms with E-state index in [2.05, 4.69) is 15.0 Å². The van der Waals surface area contributed by atoms with Crippen molar-refractivity contribution in [3.63, 3.8) is 0 Å². The lowest BCUT2D eigenvalue weighted by molar-refractivity contribution is -0.189. The number of aromatic amines is 1. The Hall–Kier alpha value is -5.42. The highest BCUT2D eigenvalue weighted by molar-refractivity contribution is 5.95. The van der Waals surface area contributed by atoms with Gasteiger partial charge in [0.15, 0.2) is 0 Å². The number of fused-ring (bicyclic) bond motifs is 1. The maximum Gasteiger partial charge on any atom is 0.491 e. The Morgan fingerprint density at radius 1 is 0.852 bits per heavy atom. The molecule has 1 aliphatic carbocycles. The van der Waals surface area contributed by atoms with Crippen LogP contribution in [0.1, 0.15) is 59.2 Å². The highest BCUT2D eigenvalue weighted by atomic mass is 19.4. The molecule has 2 unspecified atom stereocenters. The SMILES string of the molecule is NCC1CCCC(CNC(=O)c2cccc(-c3cccc(CN(CCc4ccc(OC(=O)C(F)(F)F)cc4)C(=O)CCc4c[nH]c5ccccc45)c3)c2)C1. The van der Waals surface area contributed by atoms with Gasteiger partial charge >= 0.3 is 12.1 Å². The summed E-state index contributed by atoms with van der Waals surface area (Å²) >= 11 is 0. The average molecular weight is 739 g/mol. The summed E-state index contributed by atoms with van der Waals surface area (Å²) in [6.45, 7) is 2.00. The molecule has 282 valence electrons. The maximum absolute atomic E-state index is 13.9. The fourth-order valence-corrected chi connectivity index (χ4v) is 7.23. The summed E-state index contributed by atoms with van der Waals surface area (Å²) < 4.78 is 42.4. The second-order valence-corrected chi connectivity index (χ2v) is 14.1. The van der Waals surface area contributed by atoms with E-state index in [1.807, 2.05) is 79.0 Å². The van der Waals surface area contributed by atoms with E-state index in [-0.39, 0.29) is 24.0 Å². The smallest absolute Gasteiger partial charge is 0.420 e. The van der Waals surface area contributed by atoms with Crippen molar-refractivity contribution in [3.8, 4) is 16.9 Å². The van der Waals surface area contributed by atoms with Crippen molar-refractivity contribution in [1.82, 2.24) is 15.2 Å². The van der Waals surface area contributed by atoms with E-state index in [1.54, 1.807) is 17.0 Å². The van der Waals surface area contributed by atoms with Crippen LogP contribution >= 0.6 is 0 Å². The van der Waals surface area contributed by atoms with Crippen LogP contribution in [0.3, 0.4) is 0 Å². The highest BCUT2D eigenvalue weighted by Gasteiger charge is 2.41. The molecule has 1 fully saturated rings. The summed E-state index contributed by atoms with van der Waals surface area (Å²) in [6.07, 6.45) is 2.52. The van der Waals surface area contributed by atoms with Crippen LogP contribution in [0.2, 0.25) is 0 Å². The summed E-state index contributed by atoms with van der Waals surface area (Å²) in [6, 6.07) is 29.2. The fraction of sp³-hybridized carbons (Fsp3) is 0.326. The largest absolute Gasteiger partial charge is 0.491 e. The molecule has 4 aromatic carbocycles. The number of carbonyl (C=O) groups excluding carboxylic acids is 3. The predicted molar refractivity (Wildman–Crippen MR) is 203 cm³/mol. The maximum atomic E-state index is 13.9. The van der Waals surface area contributed by atoms with Crippen molar-refractivity contribution in [2.45, 2.75) is 57.7 Å². The Morgan fingerprint density at radius 3 is 2.37 bits per heavy atom. The number of hydrogen-bond acceptors (Lipinski definition) is 5. The molecule has 0 aliphatic heterocycles. The molecule has 0 bridgehead atoms. The van der Waals surface area contributed by atoms with Gasteiger partial charge in [0.1, 0.15) is 5.75 Å². The Labute approximate surface area is 312 Å². The van der Waals surface area contributed by atoms with Gasteiger partial charge in [0.05, 0.1) is 0 Å². The molecule has 1 heterocycles. The number of nitrogens with zero attached hydrogens (tertiary/aromatic N) is 1. The first-order valence-corrected chi connectivity index (χ1v) is 18.4. The first kappa shape index (κ1) is 38.3. The van der Waals surface area contributed by atoms with Gasteiger partial charge in [0.2, 0.25) is 5.91 Å². The molecular formula is C43H45F3N4O4. The third-order valence-corrected chi connectivity index (χ3v) is 10.2. The van der Waals surface area contributed by atoms with Crippen LogP contribution in [0.15, 0.2) is 103 Å². The van der Waals surface area contributed by atoms with Crippen LogP contribution < -0.4 is 15.8 Å². The molecule has 4 N–H and O–H groups in total. The van der Waals surface area contributed by atoms with Gasteiger partial charge in [-0.2, -0.15) is 13.2 Å². The van der Waals surface area contributed by atoms with Crippen molar-refractivity contribution >= 4 is 28.7 Å². The average Bonchev–Trinajstić information content (AvgIpc) is 3.61. The molecule has 11 heteroatoms. The Balaban J connectivity index is 1.14. The molecule has 0 spiro atoms. The number of para-hydroxylation sites is 1. The number of halogens is 3. The zero-order chi connectivity index (χ0) is 38.1. The first-order valence-electron chi connectivity index (χ1n) is 18.4. The minimum absolute atomic E-state index is 0.0455. The van der Waals surface area contributed by atoms with E-state index in [0.717, 1.165) is 64.4 Å². The third-order valence-electron chi connectivity index (χ3n) is 10.2. The molecule has 54 heavy (non-hydrogen) atoms. The zero-order valence-corrected chi connectivity index (χ0v) is 30.0. The van der Waals surface area contributed by atoms with E-state index >= 15 is 0 Å². The summed E-state index contributed by atoms with van der Waals surface area (Å²) in [5.41, 5.74) is 12.0. The molecule has 2 amide bonds. The normalized spacial score (nSPS) is 15.9. The molecule has 1 aliphatic rings. The van der Waals surface area contributed by atoms with Crippen molar-refractivity contribution in [1.29, 1.82) is 0 Å². The number of aryl methyl sites for hydroxylation is 1. The number of benzene rings is 4. The number of alkyl halides is 3. The molecule has 5 aromatic rings. The van der Waals surface area contributed by atoms with Crippen LogP contribution in [0.25, 0.3) is 22.0 Å². The minimum Gasteiger partial charge on any atom is -0.420 e. The number of nitrogens with two attached hydrogens (primary N) is 1. The van der Waals surface area contributed by atoms with Crippen molar-refractivity contribution < 1.29 is 32.3 Å². The molecular weight excluding hydrogens is 693 g/mol. The summed E-state index contributed by atoms with van der Waals surface area (Å²) in [7, 11) is 0. The number of nitrogens with one attached hydrogen (secondary N) is 2. The van der Waals surface area contributed by atoms with Crippen LogP contribution in [0, 0.1) is 11.8 Å². The van der Waals surface area contributed by atoms with E-state index < -0.39 is 12.1 Å². The Bertz CT molecular complexity index is 2060. The monoisotopic (exact) mass is 738 g/mol. The van der Waals surface area contributed by atoms with Gasteiger partial charge in [-0.3, -0.25) is 9.59 Å². The topological polar surface area (TPSA) is 118 Å². The Kier molecular flexibility index (Phi) is 12.5. The van der Waals surface area contributed by atoms with E-state index in [9.17, 15) is 27.6 Å². The van der Waals surface area contributed by atoms with Gasteiger partial charge in [-0.05, 0) is 115 Å². The summed E-state index contributed by atoms with van der Waals surface area (Å²) in [5, 5.41) is 4.20. The van der Waals surface area contributed by atoms with Gasteiger partial charge in [-0.25, -0.2) is 4.79 Å².